The standard InChI is InChI=1S/C27H27N2SSi.C13H24O2.Ir/c1-27(2,3)21-15-18(14-17-10-7-8-11-19(17)21)23-26-24(29-16-28-23)20-12-9-13-22(25(20)30-26)31(4,5)6;1-5-10(6-2)12(14)9-13(15)11(7-3)8-4;/h7-13,15-16H,1-6H3;9-11,14H,5-8H2,1-4H3;/q-1;;/b;12-9-;/i16D;;. The summed E-state index contributed by atoms with van der Waals surface area (Å²) in [6.45, 7) is 21.9. The first-order valence-corrected chi connectivity index (χ1v) is 21.1. The molecule has 4 nitrogen and oxygen atoms in total. The van der Waals surface area contributed by atoms with E-state index in [1.54, 1.807) is 11.3 Å². The first-order chi connectivity index (χ1) is 22.1. The summed E-state index contributed by atoms with van der Waals surface area (Å²) in [5.41, 5.74) is 3.89. The molecule has 5 rings (SSSR count). The molecule has 0 unspecified atom stereocenters. The monoisotopic (exact) mass is 845 g/mol. The quantitative estimate of drug-likeness (QED) is 0.0695. The van der Waals surface area contributed by atoms with Crippen LogP contribution in [0.25, 0.3) is 42.3 Å². The van der Waals surface area contributed by atoms with Gasteiger partial charge in [-0.1, -0.05) is 115 Å². The Morgan fingerprint density at radius 2 is 1.55 bits per heavy atom. The van der Waals surface area contributed by atoms with Gasteiger partial charge in [-0.05, 0) is 36.3 Å². The van der Waals surface area contributed by atoms with E-state index in [4.69, 9.17) is 1.37 Å². The van der Waals surface area contributed by atoms with Crippen LogP contribution in [0.5, 0.6) is 0 Å². The summed E-state index contributed by atoms with van der Waals surface area (Å²) >= 11 is 1.77. The maximum Gasteiger partial charge on any atom is 0.162 e. The van der Waals surface area contributed by atoms with Gasteiger partial charge in [0.25, 0.3) is 0 Å². The number of nitrogens with zero attached hydrogens (tertiary/aromatic N) is 2. The van der Waals surface area contributed by atoms with Gasteiger partial charge in [0, 0.05) is 58.5 Å². The number of fused-ring (bicyclic) bond motifs is 4. The number of aromatic nitrogens is 2. The van der Waals surface area contributed by atoms with Crippen molar-refractivity contribution in [2.24, 2.45) is 11.8 Å². The Morgan fingerprint density at radius 3 is 2.15 bits per heavy atom. The fourth-order valence-corrected chi connectivity index (χ4v) is 9.73. The van der Waals surface area contributed by atoms with Gasteiger partial charge in [0.2, 0.25) is 0 Å². The molecular weight excluding hydrogens is 793 g/mol. The van der Waals surface area contributed by atoms with Gasteiger partial charge in [-0.3, -0.25) is 9.78 Å². The maximum atomic E-state index is 11.7. The number of ketones is 1. The summed E-state index contributed by atoms with van der Waals surface area (Å²) in [5, 5.41) is 14.6. The molecule has 1 radical (unpaired) electrons. The number of benzene rings is 3. The molecule has 3 aromatic carbocycles. The van der Waals surface area contributed by atoms with Crippen LogP contribution >= 0.6 is 11.3 Å². The fourth-order valence-electron chi connectivity index (χ4n) is 6.08. The Kier molecular flexibility index (Phi) is 12.7. The Hall–Kier alpha value is -2.70. The molecule has 2 aromatic heterocycles. The van der Waals surface area contributed by atoms with Crippen molar-refractivity contribution in [1.29, 1.82) is 0 Å². The molecule has 0 bridgehead atoms. The molecule has 0 saturated heterocycles. The maximum absolute atomic E-state index is 11.7. The van der Waals surface area contributed by atoms with E-state index in [0.717, 1.165) is 57.9 Å². The van der Waals surface area contributed by atoms with Crippen LogP contribution in [-0.4, -0.2) is 28.9 Å². The van der Waals surface area contributed by atoms with Crippen molar-refractivity contribution in [2.75, 3.05) is 0 Å². The van der Waals surface area contributed by atoms with Crippen molar-refractivity contribution < 1.29 is 31.4 Å². The normalized spacial score (nSPS) is 12.8. The third kappa shape index (κ3) is 8.67. The molecule has 0 atom stereocenters. The van der Waals surface area contributed by atoms with E-state index in [2.05, 4.69) is 105 Å². The molecule has 0 aliphatic heterocycles. The molecular formula is C40H51IrN2O2SSi-. The number of aliphatic hydroxyl groups is 1. The summed E-state index contributed by atoms with van der Waals surface area (Å²) < 4.78 is 10.7. The molecule has 1 N–H and O–H groups in total. The van der Waals surface area contributed by atoms with E-state index in [-0.39, 0.29) is 55.2 Å². The third-order valence-corrected chi connectivity index (χ3v) is 12.4. The second kappa shape index (κ2) is 16.1. The summed E-state index contributed by atoms with van der Waals surface area (Å²) in [6, 6.07) is 20.8. The summed E-state index contributed by atoms with van der Waals surface area (Å²) in [5.74, 6) is 0.547. The number of carbonyl (C=O) groups is 1. The predicted octanol–water partition coefficient (Wildman–Crippen LogP) is 11.2. The average molecular weight is 845 g/mol. The van der Waals surface area contributed by atoms with Gasteiger partial charge in [-0.15, -0.1) is 40.5 Å². The number of rotatable bonds is 9. The van der Waals surface area contributed by atoms with Crippen molar-refractivity contribution in [1.82, 2.24) is 9.97 Å². The van der Waals surface area contributed by atoms with E-state index >= 15 is 0 Å². The van der Waals surface area contributed by atoms with E-state index in [1.165, 1.54) is 26.9 Å². The molecule has 0 aliphatic carbocycles. The molecule has 47 heavy (non-hydrogen) atoms. The zero-order valence-corrected chi connectivity index (χ0v) is 33.9. The van der Waals surface area contributed by atoms with Crippen molar-refractivity contribution in [3.8, 4) is 11.3 Å². The van der Waals surface area contributed by atoms with Crippen molar-refractivity contribution in [2.45, 2.75) is 99.2 Å². The third-order valence-electron chi connectivity index (χ3n) is 8.96. The van der Waals surface area contributed by atoms with Crippen molar-refractivity contribution in [3.05, 3.63) is 78.3 Å². The van der Waals surface area contributed by atoms with Crippen molar-refractivity contribution >= 4 is 61.5 Å². The molecule has 7 heteroatoms. The fraction of sp³-hybridized carbons (Fsp3) is 0.425. The van der Waals surface area contributed by atoms with Crippen LogP contribution in [0.15, 0.2) is 66.7 Å². The largest absolute Gasteiger partial charge is 0.512 e. The number of aliphatic hydroxyl groups excluding tert-OH is 1. The van der Waals surface area contributed by atoms with Gasteiger partial charge in [0.05, 0.1) is 19.3 Å². The smallest absolute Gasteiger partial charge is 0.162 e. The zero-order chi connectivity index (χ0) is 34.7. The van der Waals surface area contributed by atoms with Crippen LogP contribution in [-0.2, 0) is 30.3 Å². The van der Waals surface area contributed by atoms with Gasteiger partial charge in [0.1, 0.15) is 7.67 Å². The van der Waals surface area contributed by atoms with Gasteiger partial charge < -0.3 is 5.11 Å². The van der Waals surface area contributed by atoms with Gasteiger partial charge >= 0.3 is 0 Å². The number of carbonyl (C=O) groups excluding carboxylic acids is 1. The van der Waals surface area contributed by atoms with Crippen LogP contribution in [0.1, 0.15) is 81.1 Å². The van der Waals surface area contributed by atoms with Crippen LogP contribution < -0.4 is 5.19 Å². The summed E-state index contributed by atoms with van der Waals surface area (Å²) in [4.78, 5) is 20.9. The van der Waals surface area contributed by atoms with Crippen LogP contribution in [0.4, 0.5) is 0 Å². The van der Waals surface area contributed by atoms with E-state index in [0.29, 0.717) is 0 Å². The average Bonchev–Trinajstić information content (AvgIpc) is 3.39. The molecule has 253 valence electrons. The zero-order valence-electron chi connectivity index (χ0n) is 30.7. The number of hydrogen-bond donors (Lipinski definition) is 1. The first kappa shape index (κ1) is 37.1. The molecule has 0 fully saturated rings. The van der Waals surface area contributed by atoms with Crippen molar-refractivity contribution in [3.63, 3.8) is 0 Å². The first-order valence-electron chi connectivity index (χ1n) is 17.2. The molecule has 2 heterocycles. The van der Waals surface area contributed by atoms with Crippen LogP contribution in [0, 0.1) is 17.9 Å². The summed E-state index contributed by atoms with van der Waals surface area (Å²) in [7, 11) is -1.53. The SMILES string of the molecule is CCC(CC)C(=O)/C=C(\O)C(CC)CC.[2H]c1nc(-c2[c-]c3ccccc3c(C(C)(C)C)c2)c2sc3c([Si](C)(C)C)cccc3c2n1.[Ir]. The Labute approximate surface area is 301 Å². The van der Waals surface area contributed by atoms with E-state index < -0.39 is 8.07 Å². The minimum Gasteiger partial charge on any atom is -0.512 e. The molecule has 0 spiro atoms. The number of allylic oxidation sites excluding steroid dienone is 2. The van der Waals surface area contributed by atoms with Crippen LogP contribution in [0.3, 0.4) is 0 Å². The molecule has 0 amide bonds. The molecule has 0 saturated carbocycles. The van der Waals surface area contributed by atoms with E-state index in [9.17, 15) is 9.90 Å². The Morgan fingerprint density at radius 1 is 0.936 bits per heavy atom. The van der Waals surface area contributed by atoms with Gasteiger partial charge in [0.15, 0.2) is 5.78 Å². The Balaban J connectivity index is 0.000000334. The van der Waals surface area contributed by atoms with Crippen LogP contribution in [0.2, 0.25) is 19.6 Å². The minimum absolute atomic E-state index is 0. The number of hydrogen-bond acceptors (Lipinski definition) is 5. The second-order valence-corrected chi connectivity index (χ2v) is 20.3. The topological polar surface area (TPSA) is 63.1 Å². The second-order valence-electron chi connectivity index (χ2n) is 14.3. The van der Waals surface area contributed by atoms with Gasteiger partial charge in [-0.2, -0.15) is 0 Å². The predicted molar refractivity (Wildman–Crippen MR) is 202 cm³/mol. The summed E-state index contributed by atoms with van der Waals surface area (Å²) in [6.07, 6.45) is 4.97. The molecule has 0 aliphatic rings. The molecule has 5 aromatic rings. The van der Waals surface area contributed by atoms with E-state index in [1.807, 2.05) is 27.7 Å². The number of thiophene rings is 1. The van der Waals surface area contributed by atoms with Gasteiger partial charge in [-0.25, -0.2) is 4.98 Å². The minimum atomic E-state index is -1.53. The Bertz CT molecular complexity index is 1910.